The molecule has 0 saturated carbocycles. The minimum absolute atomic E-state index is 0.00319. The van der Waals surface area contributed by atoms with Gasteiger partial charge >= 0.3 is 0 Å². The summed E-state index contributed by atoms with van der Waals surface area (Å²) in [5.41, 5.74) is 34.2. The minimum atomic E-state index is -0.00319. The number of hydrogen-bond acceptors (Lipinski definition) is 0. The molecule has 9 heterocycles. The van der Waals surface area contributed by atoms with E-state index in [1.165, 1.54) is 187 Å². The molecule has 4 aromatic heterocycles. The van der Waals surface area contributed by atoms with Crippen molar-refractivity contribution < 1.29 is 0 Å². The lowest BCUT2D eigenvalue weighted by atomic mass is 9.18. The topological polar surface area (TPSA) is 19.7 Å². The highest BCUT2D eigenvalue weighted by Gasteiger charge is 2.55. The summed E-state index contributed by atoms with van der Waals surface area (Å²) in [4.78, 5) is 0. The van der Waals surface area contributed by atoms with Crippen molar-refractivity contribution in [2.45, 2.75) is 0 Å². The Morgan fingerprint density at radius 1 is 0.205 bits per heavy atom. The van der Waals surface area contributed by atoms with Gasteiger partial charge in [0.05, 0.1) is 22.1 Å². The fraction of sp³-hybridized carbons (Fsp3) is 0. The average Bonchev–Trinajstić information content (AvgIpc) is 2.66. The highest BCUT2D eigenvalue weighted by atomic mass is 15.1. The zero-order valence-electron chi connectivity index (χ0n) is 41.9. The van der Waals surface area contributed by atoms with Crippen molar-refractivity contribution in [2.24, 2.45) is 0 Å². The van der Waals surface area contributed by atoms with Gasteiger partial charge in [-0.15, -0.1) is 0 Å². The van der Waals surface area contributed by atoms with E-state index in [1.807, 2.05) is 0 Å². The van der Waals surface area contributed by atoms with Crippen LogP contribution < -0.4 is 32.8 Å². The molecule has 0 N–H and O–H groups in total. The maximum absolute atomic E-state index is 2.71. The fourth-order valence-electron chi connectivity index (χ4n) is 16.4. The molecule has 5 aliphatic rings. The lowest BCUT2D eigenvalue weighted by Crippen LogP contribution is -2.79. The second kappa shape index (κ2) is 13.3. The van der Waals surface area contributed by atoms with E-state index in [-0.39, 0.29) is 13.4 Å². The van der Waals surface area contributed by atoms with Gasteiger partial charge in [0, 0.05) is 87.9 Å². The van der Waals surface area contributed by atoms with Crippen LogP contribution in [-0.2, 0) is 0 Å². The van der Waals surface area contributed by atoms with Gasteiger partial charge in [0.15, 0.2) is 0 Å². The molecule has 352 valence electrons. The van der Waals surface area contributed by atoms with Crippen LogP contribution in [0.3, 0.4) is 0 Å². The fourth-order valence-corrected chi connectivity index (χ4v) is 16.4. The summed E-state index contributed by atoms with van der Waals surface area (Å²) in [6.07, 6.45) is 0. The predicted octanol–water partition coefficient (Wildman–Crippen LogP) is 13.3. The summed E-state index contributed by atoms with van der Waals surface area (Å²) in [5.74, 6) is 0. The number of benzene rings is 12. The van der Waals surface area contributed by atoms with Crippen LogP contribution in [0.4, 0.5) is 0 Å². The molecule has 0 unspecified atom stereocenters. The molecular weight excluding hydrogens is 942 g/mol. The minimum Gasteiger partial charge on any atom is -0.310 e. The van der Waals surface area contributed by atoms with Crippen LogP contribution in [0.2, 0.25) is 0 Å². The van der Waals surface area contributed by atoms with Crippen molar-refractivity contribution in [2.75, 3.05) is 0 Å². The molecule has 12 aromatic carbocycles. The molecule has 21 rings (SSSR count). The quantitative estimate of drug-likeness (QED) is 0.157. The van der Waals surface area contributed by atoms with Crippen LogP contribution in [0.25, 0.3) is 154 Å². The molecule has 4 nitrogen and oxygen atoms in total. The number of aromatic nitrogens is 4. The van der Waals surface area contributed by atoms with E-state index in [0.29, 0.717) is 0 Å². The molecule has 0 fully saturated rings. The van der Waals surface area contributed by atoms with E-state index in [4.69, 9.17) is 0 Å². The Morgan fingerprint density at radius 2 is 0.449 bits per heavy atom. The molecule has 6 heteroatoms. The Bertz CT molecular complexity index is 4870. The van der Waals surface area contributed by atoms with Crippen LogP contribution in [0.15, 0.2) is 231 Å². The van der Waals surface area contributed by atoms with E-state index in [2.05, 4.69) is 249 Å². The van der Waals surface area contributed by atoms with Crippen LogP contribution in [0.1, 0.15) is 0 Å². The second-order valence-electron chi connectivity index (χ2n) is 22.6. The molecule has 0 saturated heterocycles. The largest absolute Gasteiger partial charge is 0.310 e. The lowest BCUT2D eigenvalue weighted by Gasteiger charge is -2.44. The number of fused-ring (bicyclic) bond motifs is 18. The summed E-state index contributed by atoms with van der Waals surface area (Å²) in [5, 5.41) is 10.7. The summed E-state index contributed by atoms with van der Waals surface area (Å²) >= 11 is 0. The van der Waals surface area contributed by atoms with Crippen LogP contribution in [0.5, 0.6) is 0 Å². The van der Waals surface area contributed by atoms with Crippen LogP contribution in [0, 0.1) is 0 Å². The van der Waals surface area contributed by atoms with Crippen molar-refractivity contribution in [3.63, 3.8) is 0 Å². The first-order valence-corrected chi connectivity index (χ1v) is 27.5. The van der Waals surface area contributed by atoms with E-state index in [0.717, 1.165) is 0 Å². The Balaban J connectivity index is 1.03. The summed E-state index contributed by atoms with van der Waals surface area (Å²) in [6, 6.07) is 87.6. The number of nitrogens with zero attached hydrogens (tertiary/aromatic N) is 4. The second-order valence-corrected chi connectivity index (χ2v) is 22.6. The third kappa shape index (κ3) is 4.32. The van der Waals surface area contributed by atoms with E-state index < -0.39 is 0 Å². The van der Waals surface area contributed by atoms with Gasteiger partial charge in [-0.25, -0.2) is 0 Å². The van der Waals surface area contributed by atoms with Gasteiger partial charge in [0.2, 0.25) is 0 Å². The molecule has 0 radical (unpaired) electrons. The van der Waals surface area contributed by atoms with Gasteiger partial charge < -0.3 is 18.3 Å². The third-order valence-electron chi connectivity index (χ3n) is 19.2. The molecule has 0 spiro atoms. The Morgan fingerprint density at radius 3 is 0.692 bits per heavy atom. The SMILES string of the molecule is c1ccc(-c2ccc3c(c2)c2c4c5cc(-c6ccccc6)ccc5n5c4c4c6c2n3-c2cccc3c2B6c2c6c7c(c8cc(-c9ccccc9)ccc8n7-c7cccc-5c7B46)c4c5cc(-c6ccccc6)ccc5n-3c24)cc1. The Labute approximate surface area is 447 Å². The van der Waals surface area contributed by atoms with E-state index in [1.54, 1.807) is 0 Å². The first-order chi connectivity index (χ1) is 38.8. The van der Waals surface area contributed by atoms with Gasteiger partial charge in [-0.1, -0.05) is 158 Å². The summed E-state index contributed by atoms with van der Waals surface area (Å²) in [6.45, 7) is -0.00637. The van der Waals surface area contributed by atoms with Crippen molar-refractivity contribution in [3.8, 4) is 67.3 Å². The van der Waals surface area contributed by atoms with Crippen molar-refractivity contribution in [3.05, 3.63) is 231 Å². The van der Waals surface area contributed by atoms with Gasteiger partial charge in [-0.3, -0.25) is 0 Å². The number of rotatable bonds is 4. The van der Waals surface area contributed by atoms with Gasteiger partial charge in [-0.05, 0) is 150 Å². The van der Waals surface area contributed by atoms with Gasteiger partial charge in [0.25, 0.3) is 13.4 Å². The molecular formula is C72H38B2N4. The molecule has 78 heavy (non-hydrogen) atoms. The lowest BCUT2D eigenvalue weighted by molar-refractivity contribution is 1.13. The molecule has 0 atom stereocenters. The maximum Gasteiger partial charge on any atom is 0.251 e. The van der Waals surface area contributed by atoms with Crippen molar-refractivity contribution in [1.82, 2.24) is 18.3 Å². The van der Waals surface area contributed by atoms with E-state index >= 15 is 0 Å². The first kappa shape index (κ1) is 39.4. The molecule has 0 amide bonds. The third-order valence-corrected chi connectivity index (χ3v) is 19.2. The zero-order valence-corrected chi connectivity index (χ0v) is 41.9. The van der Waals surface area contributed by atoms with Crippen molar-refractivity contribution >= 4 is 133 Å². The first-order valence-electron chi connectivity index (χ1n) is 27.5. The monoisotopic (exact) mass is 980 g/mol. The smallest absolute Gasteiger partial charge is 0.251 e. The average molecular weight is 981 g/mol. The normalized spacial score (nSPS) is 13.6. The van der Waals surface area contributed by atoms with Gasteiger partial charge in [0.1, 0.15) is 0 Å². The molecule has 5 aliphatic heterocycles. The van der Waals surface area contributed by atoms with Crippen LogP contribution >= 0.6 is 0 Å². The van der Waals surface area contributed by atoms with Crippen LogP contribution in [-0.4, -0.2) is 31.7 Å². The molecule has 0 aliphatic carbocycles. The molecule has 0 bridgehead atoms. The van der Waals surface area contributed by atoms with E-state index in [9.17, 15) is 0 Å². The Kier molecular flexibility index (Phi) is 6.72. The van der Waals surface area contributed by atoms with Gasteiger partial charge in [-0.2, -0.15) is 0 Å². The molecule has 16 aromatic rings. The Hall–Kier alpha value is -10.0. The predicted molar refractivity (Wildman–Crippen MR) is 328 cm³/mol. The zero-order chi connectivity index (χ0) is 50.0. The van der Waals surface area contributed by atoms with Crippen molar-refractivity contribution in [1.29, 1.82) is 0 Å². The maximum atomic E-state index is 2.71. The summed E-state index contributed by atoms with van der Waals surface area (Å²) < 4.78 is 10.8. The standard InChI is InChI=1S/C72H38B2N4/c1-5-15-39(16-6-1)43-27-31-51-47(35-43)59-60-48-36-44(40-17-7-2-8-18-40)28-32-52(48)76-57-25-14-26-58-64(57)74-66(70(60)76)65-69(59)75(51)55-23-13-24-56-63(55)73(65)67-68(74)72-62(50-38-46(30-34-54(50)78(58)72)42-21-11-4-12-22-42)61-49-37-45(41-19-9-3-10-20-41)29-33-53(49)77(56)71(61)67/h1-38H. The highest BCUT2D eigenvalue weighted by Crippen LogP contribution is 2.51. The highest BCUT2D eigenvalue weighted by molar-refractivity contribution is 7.16. The number of hydrogen-bond donors (Lipinski definition) is 0. The summed E-state index contributed by atoms with van der Waals surface area (Å²) in [7, 11) is 0.